The largest absolute Gasteiger partial charge is 0.310 e. The van der Waals surface area contributed by atoms with Crippen molar-refractivity contribution in [1.82, 2.24) is 5.32 Å². The number of halogens is 2. The zero-order valence-corrected chi connectivity index (χ0v) is 13.0. The molecule has 1 aromatic rings. The Morgan fingerprint density at radius 1 is 1.35 bits per heavy atom. The van der Waals surface area contributed by atoms with Crippen molar-refractivity contribution in [3.05, 3.63) is 34.1 Å². The van der Waals surface area contributed by atoms with Crippen LogP contribution in [-0.4, -0.2) is 6.54 Å². The summed E-state index contributed by atoms with van der Waals surface area (Å²) in [5.41, 5.74) is 1.79. The second kappa shape index (κ2) is 5.65. The fourth-order valence-corrected chi connectivity index (χ4v) is 4.31. The summed E-state index contributed by atoms with van der Waals surface area (Å²) in [6, 6.07) is 3.72. The molecule has 0 aromatic heterocycles. The smallest absolute Gasteiger partial charge is 0.127 e. The number of fused-ring (bicyclic) bond motifs is 1. The minimum absolute atomic E-state index is 0.205. The maximum Gasteiger partial charge on any atom is 0.127 e. The van der Waals surface area contributed by atoms with Gasteiger partial charge in [0, 0.05) is 11.1 Å². The predicted octanol–water partition coefficient (Wildman–Crippen LogP) is 4.87. The van der Waals surface area contributed by atoms with E-state index >= 15 is 0 Å². The number of benzene rings is 1. The van der Waals surface area contributed by atoms with Gasteiger partial charge < -0.3 is 5.32 Å². The van der Waals surface area contributed by atoms with Crippen LogP contribution >= 0.6 is 11.6 Å². The molecule has 3 heteroatoms. The quantitative estimate of drug-likeness (QED) is 0.817. The molecule has 20 heavy (non-hydrogen) atoms. The van der Waals surface area contributed by atoms with Crippen molar-refractivity contribution in [2.24, 2.45) is 17.8 Å². The summed E-state index contributed by atoms with van der Waals surface area (Å²) >= 11 is 6.32. The highest BCUT2D eigenvalue weighted by molar-refractivity contribution is 6.31. The van der Waals surface area contributed by atoms with E-state index in [-0.39, 0.29) is 5.82 Å². The van der Waals surface area contributed by atoms with Gasteiger partial charge in [0.25, 0.3) is 0 Å². The second-order valence-electron chi connectivity index (χ2n) is 6.39. The summed E-state index contributed by atoms with van der Waals surface area (Å²) < 4.78 is 13.6. The zero-order chi connectivity index (χ0) is 14.3. The number of hydrogen-bond acceptors (Lipinski definition) is 1. The molecule has 0 saturated heterocycles. The van der Waals surface area contributed by atoms with Gasteiger partial charge in [-0.3, -0.25) is 0 Å². The van der Waals surface area contributed by atoms with Gasteiger partial charge in [-0.1, -0.05) is 31.0 Å². The van der Waals surface area contributed by atoms with Gasteiger partial charge in [-0.05, 0) is 67.7 Å². The Morgan fingerprint density at radius 3 is 2.70 bits per heavy atom. The van der Waals surface area contributed by atoms with Crippen LogP contribution in [0.3, 0.4) is 0 Å². The number of hydrogen-bond donors (Lipinski definition) is 1. The lowest BCUT2D eigenvalue weighted by molar-refractivity contribution is 0.417. The van der Waals surface area contributed by atoms with E-state index in [9.17, 15) is 4.39 Å². The van der Waals surface area contributed by atoms with E-state index in [1.165, 1.54) is 25.3 Å². The zero-order valence-electron chi connectivity index (χ0n) is 12.3. The molecule has 0 bridgehead atoms. The molecule has 1 N–H and O–H groups in total. The van der Waals surface area contributed by atoms with Crippen LogP contribution < -0.4 is 5.32 Å². The molecule has 110 valence electrons. The van der Waals surface area contributed by atoms with E-state index in [1.54, 1.807) is 0 Å². The van der Waals surface area contributed by atoms with Crippen molar-refractivity contribution < 1.29 is 4.39 Å². The van der Waals surface area contributed by atoms with E-state index < -0.39 is 0 Å². The molecule has 0 radical (unpaired) electrons. The van der Waals surface area contributed by atoms with Gasteiger partial charge in [0.2, 0.25) is 0 Å². The molecule has 2 aliphatic carbocycles. The number of aryl methyl sites for hydroxylation is 1. The molecule has 3 unspecified atom stereocenters. The average Bonchev–Trinajstić information content (AvgIpc) is 2.88. The molecule has 1 aromatic carbocycles. The molecule has 0 heterocycles. The van der Waals surface area contributed by atoms with Crippen molar-refractivity contribution in [2.75, 3.05) is 6.54 Å². The monoisotopic (exact) mass is 295 g/mol. The van der Waals surface area contributed by atoms with Crippen LogP contribution in [0, 0.1) is 30.5 Å². The van der Waals surface area contributed by atoms with Crippen molar-refractivity contribution in [3.63, 3.8) is 0 Å². The van der Waals surface area contributed by atoms with Crippen LogP contribution in [0.1, 0.15) is 49.8 Å². The first-order valence-corrected chi connectivity index (χ1v) is 8.20. The highest BCUT2D eigenvalue weighted by Crippen LogP contribution is 2.62. The molecule has 1 nitrogen and oxygen atoms in total. The summed E-state index contributed by atoms with van der Waals surface area (Å²) in [6.07, 6.45) is 5.20. The lowest BCUT2D eigenvalue weighted by atomic mass is 9.95. The first kappa shape index (κ1) is 14.3. The third kappa shape index (κ3) is 2.48. The summed E-state index contributed by atoms with van der Waals surface area (Å²) in [7, 11) is 0. The SMILES string of the molecule is CCCNC(c1cc(C)c(F)cc1Cl)C1C2CCCC21. The fraction of sp³-hybridized carbons (Fsp3) is 0.647. The van der Waals surface area contributed by atoms with Gasteiger partial charge in [-0.25, -0.2) is 4.39 Å². The Balaban J connectivity index is 1.87. The third-order valence-electron chi connectivity index (χ3n) is 5.08. The van der Waals surface area contributed by atoms with E-state index in [0.29, 0.717) is 22.5 Å². The van der Waals surface area contributed by atoms with E-state index in [0.717, 1.165) is 30.4 Å². The number of nitrogens with one attached hydrogen (secondary N) is 1. The van der Waals surface area contributed by atoms with Gasteiger partial charge in [-0.2, -0.15) is 0 Å². The van der Waals surface area contributed by atoms with E-state index in [1.807, 2.05) is 13.0 Å². The van der Waals surface area contributed by atoms with E-state index in [4.69, 9.17) is 11.6 Å². The van der Waals surface area contributed by atoms with Crippen molar-refractivity contribution in [3.8, 4) is 0 Å². The summed E-state index contributed by atoms with van der Waals surface area (Å²) in [6.45, 7) is 4.99. The average molecular weight is 296 g/mol. The number of rotatable bonds is 5. The minimum atomic E-state index is -0.205. The Kier molecular flexibility index (Phi) is 4.05. The molecule has 2 aliphatic rings. The van der Waals surface area contributed by atoms with E-state index in [2.05, 4.69) is 12.2 Å². The van der Waals surface area contributed by atoms with Crippen LogP contribution in [0.25, 0.3) is 0 Å². The highest BCUT2D eigenvalue weighted by Gasteiger charge is 2.56. The highest BCUT2D eigenvalue weighted by atomic mass is 35.5. The summed E-state index contributed by atoms with van der Waals surface area (Å²) in [5, 5.41) is 4.23. The molecule has 0 aliphatic heterocycles. The van der Waals surface area contributed by atoms with Crippen LogP contribution in [0.5, 0.6) is 0 Å². The molecule has 2 saturated carbocycles. The van der Waals surface area contributed by atoms with Gasteiger partial charge in [0.05, 0.1) is 0 Å². The van der Waals surface area contributed by atoms with Gasteiger partial charge in [0.15, 0.2) is 0 Å². The van der Waals surface area contributed by atoms with Crippen LogP contribution in [-0.2, 0) is 0 Å². The Bertz CT molecular complexity index is 492. The Hall–Kier alpha value is -0.600. The molecular formula is C17H23ClFN. The first-order valence-electron chi connectivity index (χ1n) is 7.82. The Morgan fingerprint density at radius 2 is 2.05 bits per heavy atom. The molecule has 2 fully saturated rings. The normalized spacial score (nSPS) is 29.3. The minimum Gasteiger partial charge on any atom is -0.310 e. The maximum atomic E-state index is 13.6. The fourth-order valence-electron chi connectivity index (χ4n) is 4.04. The Labute approximate surface area is 125 Å². The van der Waals surface area contributed by atoms with Gasteiger partial charge >= 0.3 is 0 Å². The van der Waals surface area contributed by atoms with Crippen LogP contribution in [0.4, 0.5) is 4.39 Å². The molecule has 3 rings (SSSR count). The van der Waals surface area contributed by atoms with Gasteiger partial charge in [-0.15, -0.1) is 0 Å². The molecule has 3 atom stereocenters. The maximum absolute atomic E-state index is 13.6. The van der Waals surface area contributed by atoms with Crippen molar-refractivity contribution >= 4 is 11.6 Å². The first-order chi connectivity index (χ1) is 9.63. The standard InChI is InChI=1S/C17H23ClFN/c1-3-7-20-17(16-11-5-4-6-12(11)16)13-8-10(2)15(19)9-14(13)18/h8-9,11-12,16-17,20H,3-7H2,1-2H3. The second-order valence-corrected chi connectivity index (χ2v) is 6.80. The lowest BCUT2D eigenvalue weighted by Gasteiger charge is -2.23. The lowest BCUT2D eigenvalue weighted by Crippen LogP contribution is -2.26. The van der Waals surface area contributed by atoms with Crippen LogP contribution in [0.2, 0.25) is 5.02 Å². The van der Waals surface area contributed by atoms with Crippen molar-refractivity contribution in [1.29, 1.82) is 0 Å². The molecule has 0 spiro atoms. The van der Waals surface area contributed by atoms with Crippen LogP contribution in [0.15, 0.2) is 12.1 Å². The third-order valence-corrected chi connectivity index (χ3v) is 5.41. The topological polar surface area (TPSA) is 12.0 Å². The predicted molar refractivity (Wildman–Crippen MR) is 81.5 cm³/mol. The molecule has 0 amide bonds. The van der Waals surface area contributed by atoms with Crippen molar-refractivity contribution in [2.45, 2.75) is 45.6 Å². The molecular weight excluding hydrogens is 273 g/mol. The summed E-state index contributed by atoms with van der Waals surface area (Å²) in [5.74, 6) is 2.23. The van der Waals surface area contributed by atoms with Gasteiger partial charge in [0.1, 0.15) is 5.82 Å². The summed E-state index contributed by atoms with van der Waals surface area (Å²) in [4.78, 5) is 0.